The summed E-state index contributed by atoms with van der Waals surface area (Å²) in [5.41, 5.74) is 1.39. The van der Waals surface area contributed by atoms with Crippen LogP contribution in [-0.4, -0.2) is 13.2 Å². The lowest BCUT2D eigenvalue weighted by molar-refractivity contribution is 0.111. The van der Waals surface area contributed by atoms with E-state index in [9.17, 15) is 0 Å². The van der Waals surface area contributed by atoms with Gasteiger partial charge < -0.3 is 4.74 Å². The first-order valence-corrected chi connectivity index (χ1v) is 4.39. The fourth-order valence-electron chi connectivity index (χ4n) is 1.13. The molecule has 0 aliphatic carbocycles. The normalized spacial score (nSPS) is 12.8. The number of benzene rings is 1. The smallest absolute Gasteiger partial charge is 0.0546 e. The fraction of sp³-hybridized carbons (Fsp3) is 0.455. The first kappa shape index (κ1) is 9.27. The number of aryl methyl sites for hydroxylation is 1. The number of methoxy groups -OCH3 is 1. The molecule has 0 fully saturated rings. The van der Waals surface area contributed by atoms with Gasteiger partial charge in [0.25, 0.3) is 0 Å². The SMILES string of the molecule is CO[C@H](C)CCc1ccccc1. The van der Waals surface area contributed by atoms with Gasteiger partial charge in [-0.3, -0.25) is 0 Å². The van der Waals surface area contributed by atoms with Gasteiger partial charge in [0.15, 0.2) is 0 Å². The van der Waals surface area contributed by atoms with Crippen molar-refractivity contribution in [3.8, 4) is 0 Å². The number of hydrogen-bond donors (Lipinski definition) is 0. The first-order valence-electron chi connectivity index (χ1n) is 4.39. The molecule has 0 saturated carbocycles. The van der Waals surface area contributed by atoms with Gasteiger partial charge in [0.2, 0.25) is 0 Å². The van der Waals surface area contributed by atoms with E-state index in [0.29, 0.717) is 6.10 Å². The summed E-state index contributed by atoms with van der Waals surface area (Å²) in [4.78, 5) is 0. The molecule has 0 spiro atoms. The fourth-order valence-corrected chi connectivity index (χ4v) is 1.13. The Balaban J connectivity index is 2.33. The minimum absolute atomic E-state index is 0.366. The molecule has 0 aromatic heterocycles. The Hall–Kier alpha value is -0.820. The summed E-state index contributed by atoms with van der Waals surface area (Å²) >= 11 is 0. The van der Waals surface area contributed by atoms with Gasteiger partial charge in [0.1, 0.15) is 0 Å². The second-order valence-corrected chi connectivity index (χ2v) is 3.07. The Morgan fingerprint density at radius 1 is 1.25 bits per heavy atom. The lowest BCUT2D eigenvalue weighted by Crippen LogP contribution is -2.05. The third-order valence-corrected chi connectivity index (χ3v) is 2.08. The molecule has 0 bridgehead atoms. The highest BCUT2D eigenvalue weighted by atomic mass is 16.5. The van der Waals surface area contributed by atoms with Crippen molar-refractivity contribution in [2.75, 3.05) is 7.11 Å². The average molecular weight is 164 g/mol. The van der Waals surface area contributed by atoms with Gasteiger partial charge >= 0.3 is 0 Å². The van der Waals surface area contributed by atoms with Gasteiger partial charge in [-0.1, -0.05) is 30.3 Å². The molecule has 1 aromatic rings. The van der Waals surface area contributed by atoms with Crippen molar-refractivity contribution >= 4 is 0 Å². The number of rotatable bonds is 4. The van der Waals surface area contributed by atoms with E-state index >= 15 is 0 Å². The predicted molar refractivity (Wildman–Crippen MR) is 51.2 cm³/mol. The summed E-state index contributed by atoms with van der Waals surface area (Å²) in [6.07, 6.45) is 2.57. The van der Waals surface area contributed by atoms with Gasteiger partial charge in [0, 0.05) is 7.11 Å². The molecule has 0 heterocycles. The van der Waals surface area contributed by atoms with Gasteiger partial charge in [0.05, 0.1) is 6.10 Å². The molecule has 1 heteroatoms. The van der Waals surface area contributed by atoms with Crippen LogP contribution in [0.5, 0.6) is 0 Å². The summed E-state index contributed by atoms with van der Waals surface area (Å²) in [6.45, 7) is 2.10. The maximum absolute atomic E-state index is 5.17. The zero-order chi connectivity index (χ0) is 8.81. The summed E-state index contributed by atoms with van der Waals surface area (Å²) in [5, 5.41) is 0. The predicted octanol–water partition coefficient (Wildman–Crippen LogP) is 2.65. The van der Waals surface area contributed by atoms with E-state index in [2.05, 4.69) is 31.2 Å². The molecule has 0 radical (unpaired) electrons. The monoisotopic (exact) mass is 164 g/mol. The zero-order valence-electron chi connectivity index (χ0n) is 7.79. The van der Waals surface area contributed by atoms with Gasteiger partial charge in [-0.05, 0) is 25.3 Å². The van der Waals surface area contributed by atoms with Crippen molar-refractivity contribution in [2.24, 2.45) is 0 Å². The van der Waals surface area contributed by atoms with E-state index in [-0.39, 0.29) is 0 Å². The van der Waals surface area contributed by atoms with Crippen molar-refractivity contribution in [3.05, 3.63) is 35.9 Å². The summed E-state index contributed by atoms with van der Waals surface area (Å²) in [6, 6.07) is 10.5. The second kappa shape index (κ2) is 4.94. The highest BCUT2D eigenvalue weighted by molar-refractivity contribution is 5.14. The number of hydrogen-bond acceptors (Lipinski definition) is 1. The molecule has 0 aliphatic rings. The summed E-state index contributed by atoms with van der Waals surface area (Å²) in [5.74, 6) is 0. The topological polar surface area (TPSA) is 9.23 Å². The Bertz CT molecular complexity index is 206. The standard InChI is InChI=1S/C11H16O/c1-10(12-2)8-9-11-6-4-3-5-7-11/h3-7,10H,8-9H2,1-2H3/t10-/m1/s1. The minimum Gasteiger partial charge on any atom is -0.382 e. The van der Waals surface area contributed by atoms with Gasteiger partial charge in [-0.2, -0.15) is 0 Å². The molecule has 0 saturated heterocycles. The van der Waals surface area contributed by atoms with Crippen LogP contribution in [0.25, 0.3) is 0 Å². The number of ether oxygens (including phenoxy) is 1. The zero-order valence-corrected chi connectivity index (χ0v) is 7.79. The lowest BCUT2D eigenvalue weighted by Gasteiger charge is -2.08. The van der Waals surface area contributed by atoms with E-state index in [4.69, 9.17) is 4.74 Å². The Labute approximate surface area is 74.4 Å². The van der Waals surface area contributed by atoms with E-state index in [1.54, 1.807) is 7.11 Å². The van der Waals surface area contributed by atoms with E-state index in [1.807, 2.05) is 6.07 Å². The maximum atomic E-state index is 5.17. The molecule has 1 aromatic carbocycles. The second-order valence-electron chi connectivity index (χ2n) is 3.07. The van der Waals surface area contributed by atoms with Crippen LogP contribution in [0, 0.1) is 0 Å². The lowest BCUT2D eigenvalue weighted by atomic mass is 10.1. The molecule has 66 valence electrons. The summed E-state index contributed by atoms with van der Waals surface area (Å²) in [7, 11) is 1.76. The molecule has 1 nitrogen and oxygen atoms in total. The quantitative estimate of drug-likeness (QED) is 0.664. The highest BCUT2D eigenvalue weighted by Gasteiger charge is 1.98. The molecule has 0 amide bonds. The minimum atomic E-state index is 0.366. The van der Waals surface area contributed by atoms with Crippen LogP contribution in [-0.2, 0) is 11.2 Å². The Morgan fingerprint density at radius 3 is 2.50 bits per heavy atom. The Kier molecular flexibility index (Phi) is 3.81. The summed E-state index contributed by atoms with van der Waals surface area (Å²) < 4.78 is 5.17. The van der Waals surface area contributed by atoms with Crippen molar-refractivity contribution in [1.82, 2.24) is 0 Å². The molecular formula is C11H16O. The van der Waals surface area contributed by atoms with Crippen LogP contribution in [0.2, 0.25) is 0 Å². The average Bonchev–Trinajstić information content (AvgIpc) is 2.16. The third kappa shape index (κ3) is 3.05. The van der Waals surface area contributed by atoms with Crippen LogP contribution in [0.15, 0.2) is 30.3 Å². The van der Waals surface area contributed by atoms with E-state index in [0.717, 1.165) is 12.8 Å². The van der Waals surface area contributed by atoms with Crippen LogP contribution >= 0.6 is 0 Å². The highest BCUT2D eigenvalue weighted by Crippen LogP contribution is 2.05. The molecule has 0 aliphatic heterocycles. The van der Waals surface area contributed by atoms with Crippen molar-refractivity contribution < 1.29 is 4.74 Å². The third-order valence-electron chi connectivity index (χ3n) is 2.08. The van der Waals surface area contributed by atoms with Crippen LogP contribution < -0.4 is 0 Å². The van der Waals surface area contributed by atoms with Crippen molar-refractivity contribution in [3.63, 3.8) is 0 Å². The van der Waals surface area contributed by atoms with Crippen molar-refractivity contribution in [1.29, 1.82) is 0 Å². The molecule has 1 rings (SSSR count). The first-order chi connectivity index (χ1) is 5.83. The molecular weight excluding hydrogens is 148 g/mol. The molecule has 0 unspecified atom stereocenters. The van der Waals surface area contributed by atoms with Crippen LogP contribution in [0.4, 0.5) is 0 Å². The van der Waals surface area contributed by atoms with Gasteiger partial charge in [-0.15, -0.1) is 0 Å². The molecule has 12 heavy (non-hydrogen) atoms. The van der Waals surface area contributed by atoms with Gasteiger partial charge in [-0.25, -0.2) is 0 Å². The molecule has 1 atom stereocenters. The van der Waals surface area contributed by atoms with Crippen molar-refractivity contribution in [2.45, 2.75) is 25.9 Å². The maximum Gasteiger partial charge on any atom is 0.0546 e. The van der Waals surface area contributed by atoms with Crippen LogP contribution in [0.3, 0.4) is 0 Å². The van der Waals surface area contributed by atoms with Crippen LogP contribution in [0.1, 0.15) is 18.9 Å². The van der Waals surface area contributed by atoms with E-state index < -0.39 is 0 Å². The largest absolute Gasteiger partial charge is 0.382 e. The molecule has 0 N–H and O–H groups in total. The van der Waals surface area contributed by atoms with E-state index in [1.165, 1.54) is 5.56 Å². The Morgan fingerprint density at radius 2 is 1.92 bits per heavy atom.